The summed E-state index contributed by atoms with van der Waals surface area (Å²) >= 11 is 0. The molecule has 0 aliphatic carbocycles. The summed E-state index contributed by atoms with van der Waals surface area (Å²) in [5.74, 6) is -0.390. The van der Waals surface area contributed by atoms with E-state index in [0.717, 1.165) is 26.8 Å². The average Bonchev–Trinajstić information content (AvgIpc) is 3.00. The highest BCUT2D eigenvalue weighted by Crippen LogP contribution is 2.28. The number of carbonyl (C=O) groups excluding carboxylic acids is 2. The molecule has 4 nitrogen and oxygen atoms in total. The zero-order chi connectivity index (χ0) is 18.1. The highest BCUT2D eigenvalue weighted by atomic mass is 16.3. The largest absolute Gasteiger partial charge is 0.507 e. The minimum Gasteiger partial charge on any atom is -0.507 e. The Hall–Kier alpha value is -3.66. The molecule has 4 rings (SSSR count). The van der Waals surface area contributed by atoms with Crippen molar-refractivity contribution >= 4 is 40.4 Å². The standard InChI is InChI=1S/C22H15NO3/c24-20-12-9-16(18-3-1-2-4-19(18)20)8-5-15-6-10-17(11-7-15)23-21(25)13-14-22(23)26/h1-14,24H/b8-5+. The second-order valence-electron chi connectivity index (χ2n) is 5.99. The summed E-state index contributed by atoms with van der Waals surface area (Å²) in [6.45, 7) is 0. The Kier molecular flexibility index (Phi) is 3.86. The van der Waals surface area contributed by atoms with Crippen molar-refractivity contribution < 1.29 is 14.7 Å². The van der Waals surface area contributed by atoms with E-state index in [2.05, 4.69) is 0 Å². The number of anilines is 1. The lowest BCUT2D eigenvalue weighted by Crippen LogP contribution is -2.29. The molecule has 0 aromatic heterocycles. The number of phenolic OH excluding ortho intramolecular Hbond substituents is 1. The second-order valence-corrected chi connectivity index (χ2v) is 5.99. The summed E-state index contributed by atoms with van der Waals surface area (Å²) in [5, 5.41) is 11.8. The quantitative estimate of drug-likeness (QED) is 0.575. The van der Waals surface area contributed by atoms with Gasteiger partial charge in [-0.1, -0.05) is 54.6 Å². The summed E-state index contributed by atoms with van der Waals surface area (Å²) in [7, 11) is 0. The number of hydrogen-bond donors (Lipinski definition) is 1. The van der Waals surface area contributed by atoms with Crippen LogP contribution in [0.15, 0.2) is 72.8 Å². The molecule has 0 fully saturated rings. The molecule has 0 radical (unpaired) electrons. The van der Waals surface area contributed by atoms with Gasteiger partial charge in [0.25, 0.3) is 11.8 Å². The molecule has 0 saturated heterocycles. The molecule has 3 aromatic carbocycles. The van der Waals surface area contributed by atoms with Gasteiger partial charge in [0.1, 0.15) is 5.75 Å². The van der Waals surface area contributed by atoms with Crippen LogP contribution in [-0.2, 0) is 9.59 Å². The first kappa shape index (κ1) is 15.8. The predicted octanol–water partition coefficient (Wildman–Crippen LogP) is 4.15. The number of rotatable bonds is 3. The third-order valence-electron chi connectivity index (χ3n) is 4.35. The van der Waals surface area contributed by atoms with Gasteiger partial charge >= 0.3 is 0 Å². The number of phenols is 1. The van der Waals surface area contributed by atoms with Crippen LogP contribution in [0.4, 0.5) is 5.69 Å². The first-order valence-corrected chi connectivity index (χ1v) is 8.18. The first-order valence-electron chi connectivity index (χ1n) is 8.18. The smallest absolute Gasteiger partial charge is 0.258 e. The van der Waals surface area contributed by atoms with E-state index in [0.29, 0.717) is 5.69 Å². The topological polar surface area (TPSA) is 57.6 Å². The molecule has 0 spiro atoms. The fourth-order valence-corrected chi connectivity index (χ4v) is 3.03. The zero-order valence-electron chi connectivity index (χ0n) is 13.8. The van der Waals surface area contributed by atoms with Crippen molar-refractivity contribution in [2.24, 2.45) is 0 Å². The van der Waals surface area contributed by atoms with Gasteiger partial charge in [0.2, 0.25) is 0 Å². The van der Waals surface area contributed by atoms with E-state index in [1.165, 1.54) is 12.2 Å². The molecule has 26 heavy (non-hydrogen) atoms. The van der Waals surface area contributed by atoms with Gasteiger partial charge in [-0.15, -0.1) is 0 Å². The van der Waals surface area contributed by atoms with Crippen LogP contribution in [0.25, 0.3) is 22.9 Å². The van der Waals surface area contributed by atoms with E-state index < -0.39 is 0 Å². The summed E-state index contributed by atoms with van der Waals surface area (Å²) < 4.78 is 0. The molecule has 2 amide bonds. The number of benzene rings is 3. The van der Waals surface area contributed by atoms with Crippen LogP contribution in [0.5, 0.6) is 5.75 Å². The van der Waals surface area contributed by atoms with Crippen molar-refractivity contribution in [2.75, 3.05) is 4.90 Å². The molecule has 0 atom stereocenters. The van der Waals surface area contributed by atoms with Gasteiger partial charge in [-0.05, 0) is 34.7 Å². The molecule has 4 heteroatoms. The highest BCUT2D eigenvalue weighted by Gasteiger charge is 2.24. The fraction of sp³-hybridized carbons (Fsp3) is 0. The second kappa shape index (κ2) is 6.33. The monoisotopic (exact) mass is 341 g/mol. The van der Waals surface area contributed by atoms with Crippen molar-refractivity contribution in [3.8, 4) is 5.75 Å². The summed E-state index contributed by atoms with van der Waals surface area (Å²) in [5.41, 5.74) is 2.49. The number of aromatic hydroxyl groups is 1. The Bertz CT molecular complexity index is 1060. The number of fused-ring (bicyclic) bond motifs is 1. The summed E-state index contributed by atoms with van der Waals surface area (Å²) in [6, 6.07) is 18.4. The van der Waals surface area contributed by atoms with Crippen molar-refractivity contribution in [3.05, 3.63) is 83.9 Å². The number of imide groups is 1. The highest BCUT2D eigenvalue weighted by molar-refractivity contribution is 6.28. The lowest BCUT2D eigenvalue weighted by molar-refractivity contribution is -0.119. The summed E-state index contributed by atoms with van der Waals surface area (Å²) in [4.78, 5) is 24.6. The van der Waals surface area contributed by atoms with Crippen LogP contribution in [0.2, 0.25) is 0 Å². The van der Waals surface area contributed by atoms with Gasteiger partial charge in [0.15, 0.2) is 0 Å². The van der Waals surface area contributed by atoms with Gasteiger partial charge in [0.05, 0.1) is 5.69 Å². The van der Waals surface area contributed by atoms with E-state index in [9.17, 15) is 14.7 Å². The SMILES string of the molecule is O=C1C=CC(=O)N1c1ccc(/C=C/c2ccc(O)c3ccccc23)cc1. The van der Waals surface area contributed by atoms with Crippen molar-refractivity contribution in [3.63, 3.8) is 0 Å². The van der Waals surface area contributed by atoms with Gasteiger partial charge in [-0.2, -0.15) is 0 Å². The van der Waals surface area contributed by atoms with Crippen LogP contribution in [0.1, 0.15) is 11.1 Å². The number of hydrogen-bond acceptors (Lipinski definition) is 3. The molecule has 126 valence electrons. The number of carbonyl (C=O) groups is 2. The first-order chi connectivity index (χ1) is 12.6. The normalized spacial score (nSPS) is 14.1. The van der Waals surface area contributed by atoms with Crippen LogP contribution < -0.4 is 4.90 Å². The molecular weight excluding hydrogens is 326 g/mol. The molecule has 1 heterocycles. The zero-order valence-corrected chi connectivity index (χ0v) is 13.8. The fourth-order valence-electron chi connectivity index (χ4n) is 3.03. The van der Waals surface area contributed by atoms with Crippen LogP contribution in [0.3, 0.4) is 0 Å². The number of nitrogens with zero attached hydrogens (tertiary/aromatic N) is 1. The lowest BCUT2D eigenvalue weighted by Gasteiger charge is -2.13. The maximum atomic E-state index is 11.7. The molecule has 0 unspecified atom stereocenters. The van der Waals surface area contributed by atoms with Gasteiger partial charge in [0, 0.05) is 17.5 Å². The minimum atomic E-state index is -0.325. The third-order valence-corrected chi connectivity index (χ3v) is 4.35. The Morgan fingerprint density at radius 1 is 0.731 bits per heavy atom. The van der Waals surface area contributed by atoms with E-state index in [1.807, 2.05) is 54.6 Å². The molecule has 1 aliphatic heterocycles. The Labute approximate surface area is 150 Å². The van der Waals surface area contributed by atoms with Crippen LogP contribution in [-0.4, -0.2) is 16.9 Å². The Morgan fingerprint density at radius 2 is 1.38 bits per heavy atom. The average molecular weight is 341 g/mol. The maximum absolute atomic E-state index is 11.7. The lowest BCUT2D eigenvalue weighted by atomic mass is 10.0. The molecule has 0 saturated carbocycles. The van der Waals surface area contributed by atoms with Crippen LogP contribution >= 0.6 is 0 Å². The van der Waals surface area contributed by atoms with E-state index in [-0.39, 0.29) is 17.6 Å². The van der Waals surface area contributed by atoms with Crippen molar-refractivity contribution in [2.45, 2.75) is 0 Å². The number of amides is 2. The predicted molar refractivity (Wildman–Crippen MR) is 103 cm³/mol. The minimum absolute atomic E-state index is 0.260. The van der Waals surface area contributed by atoms with E-state index in [4.69, 9.17) is 0 Å². The Balaban J connectivity index is 1.61. The molecule has 1 N–H and O–H groups in total. The maximum Gasteiger partial charge on any atom is 0.258 e. The van der Waals surface area contributed by atoms with Crippen LogP contribution in [0, 0.1) is 0 Å². The molecule has 1 aliphatic rings. The van der Waals surface area contributed by atoms with Gasteiger partial charge in [-0.25, -0.2) is 4.90 Å². The van der Waals surface area contributed by atoms with Gasteiger partial charge in [-0.3, -0.25) is 9.59 Å². The van der Waals surface area contributed by atoms with E-state index in [1.54, 1.807) is 18.2 Å². The third kappa shape index (κ3) is 2.78. The van der Waals surface area contributed by atoms with Crippen molar-refractivity contribution in [1.82, 2.24) is 0 Å². The summed E-state index contributed by atoms with van der Waals surface area (Å²) in [6.07, 6.45) is 6.47. The van der Waals surface area contributed by atoms with Gasteiger partial charge < -0.3 is 5.11 Å². The van der Waals surface area contributed by atoms with Crippen molar-refractivity contribution in [1.29, 1.82) is 0 Å². The molecular formula is C22H15NO3. The van der Waals surface area contributed by atoms with E-state index >= 15 is 0 Å². The molecule has 3 aromatic rings. The Morgan fingerprint density at radius 3 is 2.08 bits per heavy atom. The molecule has 0 bridgehead atoms.